The van der Waals surface area contributed by atoms with Gasteiger partial charge in [0.1, 0.15) is 6.17 Å². The van der Waals surface area contributed by atoms with Gasteiger partial charge in [-0.1, -0.05) is 30.3 Å². The maximum atomic E-state index is 13.4. The maximum Gasteiger partial charge on any atom is 0.257 e. The molecule has 4 aromatic rings. The van der Waals surface area contributed by atoms with E-state index in [-0.39, 0.29) is 18.0 Å². The summed E-state index contributed by atoms with van der Waals surface area (Å²) in [4.78, 5) is 34.3. The van der Waals surface area contributed by atoms with Gasteiger partial charge in [-0.3, -0.25) is 9.59 Å². The second-order valence-electron chi connectivity index (χ2n) is 8.42. The Bertz CT molecular complexity index is 1380. The Hall–Kier alpha value is -3.65. The lowest BCUT2D eigenvalue weighted by Crippen LogP contribution is -2.51. The van der Waals surface area contributed by atoms with Crippen LogP contribution in [-0.4, -0.2) is 39.9 Å². The van der Waals surface area contributed by atoms with Gasteiger partial charge in [0.15, 0.2) is 5.13 Å². The minimum Gasteiger partial charge on any atom is -0.349 e. The third kappa shape index (κ3) is 3.13. The molecule has 0 fully saturated rings. The number of fused-ring (bicyclic) bond motifs is 6. The number of para-hydroxylation sites is 2. The molecule has 166 valence electrons. The van der Waals surface area contributed by atoms with Crippen LogP contribution in [0, 0.1) is 0 Å². The van der Waals surface area contributed by atoms with Gasteiger partial charge in [0, 0.05) is 49.0 Å². The van der Waals surface area contributed by atoms with Gasteiger partial charge >= 0.3 is 0 Å². The van der Waals surface area contributed by atoms with Crippen LogP contribution in [0.15, 0.2) is 60.1 Å². The quantitative estimate of drug-likeness (QED) is 0.497. The molecule has 1 atom stereocenters. The number of aromatic nitrogens is 2. The highest BCUT2D eigenvalue weighted by Gasteiger charge is 2.42. The minimum absolute atomic E-state index is 0.0671. The number of nitrogens with one attached hydrogen (secondary N) is 1. The van der Waals surface area contributed by atoms with Crippen molar-refractivity contribution in [2.75, 3.05) is 23.8 Å². The van der Waals surface area contributed by atoms with Gasteiger partial charge < -0.3 is 19.7 Å². The number of carbonyl (C=O) groups excluding carboxylic acids is 2. The van der Waals surface area contributed by atoms with Crippen molar-refractivity contribution in [1.29, 1.82) is 0 Å². The second kappa shape index (κ2) is 7.74. The Balaban J connectivity index is 1.42. The normalized spacial score (nSPS) is 17.0. The fraction of sp³-hybridized carbons (Fsp3) is 0.240. The molecule has 0 aliphatic carbocycles. The van der Waals surface area contributed by atoms with Gasteiger partial charge in [-0.25, -0.2) is 4.98 Å². The molecule has 8 heteroatoms. The zero-order valence-electron chi connectivity index (χ0n) is 18.2. The lowest BCUT2D eigenvalue weighted by atomic mass is 9.96. The first kappa shape index (κ1) is 20.0. The molecule has 1 N–H and O–H groups in total. The van der Waals surface area contributed by atoms with E-state index in [0.717, 1.165) is 28.9 Å². The van der Waals surface area contributed by atoms with Crippen molar-refractivity contribution >= 4 is 44.9 Å². The standard InChI is InChI=1S/C25H23N5O2S/c1-28-19-8-4-3-7-18(19)24(32)30-13-10-17-16-6-2-5-9-20(16)29(22(17)23(28)30)14-11-21(31)27-25-26-12-15-33-25/h2-9,12,15,23H,10-11,13-14H2,1H3,(H,26,27,31)/t23-/m1/s1. The Kier molecular flexibility index (Phi) is 4.69. The number of amides is 2. The van der Waals surface area contributed by atoms with Crippen molar-refractivity contribution in [1.82, 2.24) is 14.5 Å². The van der Waals surface area contributed by atoms with Crippen LogP contribution in [0.4, 0.5) is 10.8 Å². The Morgan fingerprint density at radius 1 is 1.18 bits per heavy atom. The monoisotopic (exact) mass is 457 g/mol. The van der Waals surface area contributed by atoms with Crippen LogP contribution in [0.3, 0.4) is 0 Å². The lowest BCUT2D eigenvalue weighted by Gasteiger charge is -2.46. The van der Waals surface area contributed by atoms with Crippen LogP contribution in [0.2, 0.25) is 0 Å². The number of carbonyl (C=O) groups is 2. The number of thiazole rings is 1. The summed E-state index contributed by atoms with van der Waals surface area (Å²) in [5.41, 5.74) is 5.16. The molecule has 2 amide bonds. The highest BCUT2D eigenvalue weighted by molar-refractivity contribution is 7.13. The van der Waals surface area contributed by atoms with E-state index >= 15 is 0 Å². The first-order chi connectivity index (χ1) is 16.1. The Morgan fingerprint density at radius 2 is 2.00 bits per heavy atom. The predicted octanol–water partition coefficient (Wildman–Crippen LogP) is 4.27. The Morgan fingerprint density at radius 3 is 2.85 bits per heavy atom. The number of hydrogen-bond donors (Lipinski definition) is 1. The van der Waals surface area contributed by atoms with E-state index in [1.807, 2.05) is 40.6 Å². The molecule has 0 spiro atoms. The lowest BCUT2D eigenvalue weighted by molar-refractivity contribution is -0.116. The maximum absolute atomic E-state index is 13.4. The fourth-order valence-electron chi connectivity index (χ4n) is 5.23. The van der Waals surface area contributed by atoms with Crippen molar-refractivity contribution in [3.63, 3.8) is 0 Å². The van der Waals surface area contributed by atoms with Crippen LogP contribution in [0.5, 0.6) is 0 Å². The van der Waals surface area contributed by atoms with Crippen molar-refractivity contribution in [3.8, 4) is 0 Å². The van der Waals surface area contributed by atoms with Crippen LogP contribution >= 0.6 is 11.3 Å². The van der Waals surface area contributed by atoms with E-state index in [4.69, 9.17) is 0 Å². The van der Waals surface area contributed by atoms with Crippen LogP contribution < -0.4 is 10.2 Å². The molecule has 6 rings (SSSR count). The van der Waals surface area contributed by atoms with Gasteiger partial charge in [0.25, 0.3) is 5.91 Å². The summed E-state index contributed by atoms with van der Waals surface area (Å²) < 4.78 is 2.24. The van der Waals surface area contributed by atoms with Crippen LogP contribution in [0.25, 0.3) is 10.9 Å². The molecular weight excluding hydrogens is 434 g/mol. The number of nitrogens with zero attached hydrogens (tertiary/aromatic N) is 4. The molecule has 2 aromatic carbocycles. The molecular formula is C25H23N5O2S. The van der Waals surface area contributed by atoms with Gasteiger partial charge in [-0.05, 0) is 30.2 Å². The van der Waals surface area contributed by atoms with Crippen molar-refractivity contribution in [2.45, 2.75) is 25.6 Å². The van der Waals surface area contributed by atoms with E-state index in [1.54, 1.807) is 6.20 Å². The highest BCUT2D eigenvalue weighted by Crippen LogP contribution is 2.44. The average Bonchev–Trinajstić information content (AvgIpc) is 3.46. The zero-order chi connectivity index (χ0) is 22.5. The predicted molar refractivity (Wildman–Crippen MR) is 130 cm³/mol. The Labute approximate surface area is 195 Å². The summed E-state index contributed by atoms with van der Waals surface area (Å²) >= 11 is 1.41. The number of anilines is 2. The minimum atomic E-state index is -0.203. The van der Waals surface area contributed by atoms with Gasteiger partial charge in [-0.15, -0.1) is 11.3 Å². The highest BCUT2D eigenvalue weighted by atomic mass is 32.1. The summed E-state index contributed by atoms with van der Waals surface area (Å²) in [7, 11) is 2.05. The third-order valence-corrected chi connectivity index (χ3v) is 7.33. The topological polar surface area (TPSA) is 70.5 Å². The fourth-order valence-corrected chi connectivity index (χ4v) is 5.77. The molecule has 0 bridgehead atoms. The molecule has 0 radical (unpaired) electrons. The molecule has 2 aliphatic rings. The molecule has 0 saturated heterocycles. The summed E-state index contributed by atoms with van der Waals surface area (Å²) in [6.45, 7) is 1.20. The average molecular weight is 458 g/mol. The number of benzene rings is 2. The summed E-state index contributed by atoms with van der Waals surface area (Å²) in [6, 6.07) is 16.1. The summed E-state index contributed by atoms with van der Waals surface area (Å²) in [6.07, 6.45) is 2.60. The molecule has 7 nitrogen and oxygen atoms in total. The number of aryl methyl sites for hydroxylation is 1. The third-order valence-electron chi connectivity index (χ3n) is 6.65. The first-order valence-corrected chi connectivity index (χ1v) is 11.9. The number of hydrogen-bond acceptors (Lipinski definition) is 5. The van der Waals surface area contributed by atoms with E-state index in [0.29, 0.717) is 24.6 Å². The van der Waals surface area contributed by atoms with Crippen LogP contribution in [-0.2, 0) is 17.8 Å². The molecule has 33 heavy (non-hydrogen) atoms. The molecule has 2 aromatic heterocycles. The second-order valence-corrected chi connectivity index (χ2v) is 9.31. The number of rotatable bonds is 4. The van der Waals surface area contributed by atoms with Gasteiger partial charge in [0.2, 0.25) is 5.91 Å². The molecule has 4 heterocycles. The molecule has 2 aliphatic heterocycles. The SMILES string of the molecule is CN1c2ccccc2C(=O)N2CCc3c(n(CCC(=O)Nc4nccs4)c4ccccc34)[C@@H]21. The smallest absolute Gasteiger partial charge is 0.257 e. The van der Waals surface area contributed by atoms with Crippen molar-refractivity contribution in [2.24, 2.45) is 0 Å². The molecule has 0 saturated carbocycles. The summed E-state index contributed by atoms with van der Waals surface area (Å²) in [5, 5.41) is 6.53. The first-order valence-electron chi connectivity index (χ1n) is 11.1. The van der Waals surface area contributed by atoms with E-state index in [2.05, 4.69) is 45.0 Å². The van der Waals surface area contributed by atoms with Gasteiger partial charge in [-0.2, -0.15) is 0 Å². The van der Waals surface area contributed by atoms with Crippen molar-refractivity contribution in [3.05, 3.63) is 76.9 Å². The van der Waals surface area contributed by atoms with Crippen molar-refractivity contribution < 1.29 is 9.59 Å². The molecule has 0 unspecified atom stereocenters. The van der Waals surface area contributed by atoms with Gasteiger partial charge in [0.05, 0.1) is 16.9 Å². The summed E-state index contributed by atoms with van der Waals surface area (Å²) in [5.74, 6) is 0.000219. The van der Waals surface area contributed by atoms with E-state index in [9.17, 15) is 9.59 Å². The largest absolute Gasteiger partial charge is 0.349 e. The van der Waals surface area contributed by atoms with Crippen LogP contribution in [0.1, 0.15) is 34.2 Å². The van der Waals surface area contributed by atoms with E-state index in [1.165, 1.54) is 22.3 Å². The van der Waals surface area contributed by atoms with E-state index < -0.39 is 0 Å². The zero-order valence-corrected chi connectivity index (χ0v) is 19.0.